The van der Waals surface area contributed by atoms with Gasteiger partial charge in [-0.15, -0.1) is 0 Å². The largest absolute Gasteiger partial charge is 0.491 e. The minimum absolute atomic E-state index is 0.0169. The second kappa shape index (κ2) is 8.86. The summed E-state index contributed by atoms with van der Waals surface area (Å²) in [5.41, 5.74) is 3.05. The minimum atomic E-state index is -0.907. The maximum Gasteiger partial charge on any atom is 0.201 e. The molecule has 0 spiro atoms. The molecule has 0 aliphatic heterocycles. The molecule has 1 saturated carbocycles. The van der Waals surface area contributed by atoms with Gasteiger partial charge in [0, 0.05) is 5.56 Å². The normalized spacial score (nSPS) is 19.9. The second-order valence-electron chi connectivity index (χ2n) is 7.76. The van der Waals surface area contributed by atoms with Crippen molar-refractivity contribution in [2.24, 2.45) is 5.92 Å². The molecule has 1 nitrogen and oxygen atoms in total. The fourth-order valence-electron chi connectivity index (χ4n) is 4.45. The maximum atomic E-state index is 14.6. The van der Waals surface area contributed by atoms with Gasteiger partial charge in [-0.3, -0.25) is 0 Å². The average molecular weight is 372 g/mol. The van der Waals surface area contributed by atoms with Gasteiger partial charge in [0.1, 0.15) is 0 Å². The van der Waals surface area contributed by atoms with E-state index >= 15 is 0 Å². The molecule has 2 aromatic carbocycles. The summed E-state index contributed by atoms with van der Waals surface area (Å²) in [5, 5.41) is 0. The van der Waals surface area contributed by atoms with Crippen molar-refractivity contribution in [2.45, 2.75) is 65.2 Å². The zero-order chi connectivity index (χ0) is 19.4. The first-order chi connectivity index (χ1) is 13.0. The number of hydrogen-bond acceptors (Lipinski definition) is 1. The number of benzene rings is 2. The molecular formula is C24H30F2O. The van der Waals surface area contributed by atoms with E-state index in [9.17, 15) is 8.78 Å². The van der Waals surface area contributed by atoms with Crippen molar-refractivity contribution in [3.05, 3.63) is 53.1 Å². The highest BCUT2D eigenvalue weighted by atomic mass is 19.2. The van der Waals surface area contributed by atoms with E-state index in [0.717, 1.165) is 11.5 Å². The van der Waals surface area contributed by atoms with E-state index < -0.39 is 11.6 Å². The molecule has 3 rings (SSSR count). The Labute approximate surface area is 161 Å². The lowest BCUT2D eigenvalue weighted by Crippen LogP contribution is -2.13. The molecule has 0 heterocycles. The van der Waals surface area contributed by atoms with Gasteiger partial charge in [-0.05, 0) is 74.1 Å². The molecule has 146 valence electrons. The summed E-state index contributed by atoms with van der Waals surface area (Å²) in [4.78, 5) is 0. The summed E-state index contributed by atoms with van der Waals surface area (Å²) in [7, 11) is 0. The van der Waals surface area contributed by atoms with Crippen LogP contribution in [0.3, 0.4) is 0 Å². The third-order valence-corrected chi connectivity index (χ3v) is 5.88. The summed E-state index contributed by atoms with van der Waals surface area (Å²) in [6, 6.07) is 9.62. The first kappa shape index (κ1) is 19.9. The Bertz CT molecular complexity index is 759. The average Bonchev–Trinajstić information content (AvgIpc) is 2.68. The summed E-state index contributed by atoms with van der Waals surface area (Å²) in [5.74, 6) is -0.275. The highest BCUT2D eigenvalue weighted by molar-refractivity contribution is 5.69. The first-order valence-corrected chi connectivity index (χ1v) is 10.3. The Morgan fingerprint density at radius 1 is 0.963 bits per heavy atom. The third kappa shape index (κ3) is 4.34. The molecule has 0 radical (unpaired) electrons. The van der Waals surface area contributed by atoms with E-state index in [-0.39, 0.29) is 5.75 Å². The number of ether oxygens (including phenoxy) is 1. The van der Waals surface area contributed by atoms with Crippen molar-refractivity contribution >= 4 is 0 Å². The van der Waals surface area contributed by atoms with Crippen LogP contribution in [0.25, 0.3) is 11.1 Å². The molecule has 0 aromatic heterocycles. The molecule has 27 heavy (non-hydrogen) atoms. The van der Waals surface area contributed by atoms with E-state index in [0.29, 0.717) is 23.7 Å². The molecule has 0 unspecified atom stereocenters. The number of aryl methyl sites for hydroxylation is 1. The van der Waals surface area contributed by atoms with Gasteiger partial charge >= 0.3 is 0 Å². The van der Waals surface area contributed by atoms with Crippen LogP contribution in [0.4, 0.5) is 8.78 Å². The van der Waals surface area contributed by atoms with Crippen LogP contribution in [-0.2, 0) is 0 Å². The Kier molecular flexibility index (Phi) is 6.51. The zero-order valence-electron chi connectivity index (χ0n) is 16.7. The molecule has 0 saturated heterocycles. The topological polar surface area (TPSA) is 9.23 Å². The Morgan fingerprint density at radius 3 is 2.22 bits per heavy atom. The van der Waals surface area contributed by atoms with Crippen molar-refractivity contribution in [3.63, 3.8) is 0 Å². The predicted molar refractivity (Wildman–Crippen MR) is 107 cm³/mol. The van der Waals surface area contributed by atoms with Crippen LogP contribution in [0.15, 0.2) is 30.3 Å². The first-order valence-electron chi connectivity index (χ1n) is 10.3. The molecule has 3 heteroatoms. The molecule has 0 atom stereocenters. The number of hydrogen-bond donors (Lipinski definition) is 0. The van der Waals surface area contributed by atoms with Crippen LogP contribution in [0.1, 0.15) is 69.4 Å². The van der Waals surface area contributed by atoms with E-state index in [1.165, 1.54) is 44.1 Å². The van der Waals surface area contributed by atoms with Gasteiger partial charge < -0.3 is 4.74 Å². The summed E-state index contributed by atoms with van der Waals surface area (Å²) in [6.07, 6.45) is 7.68. The lowest BCUT2D eigenvalue weighted by atomic mass is 9.77. The fourth-order valence-corrected chi connectivity index (χ4v) is 4.45. The van der Waals surface area contributed by atoms with Crippen molar-refractivity contribution in [1.29, 1.82) is 0 Å². The zero-order valence-corrected chi connectivity index (χ0v) is 16.7. The van der Waals surface area contributed by atoms with Crippen LogP contribution in [0.2, 0.25) is 0 Å². The maximum absolute atomic E-state index is 14.6. The summed E-state index contributed by atoms with van der Waals surface area (Å²) < 4.78 is 34.1. The van der Waals surface area contributed by atoms with Crippen LogP contribution >= 0.6 is 0 Å². The Balaban J connectivity index is 1.79. The molecule has 1 fully saturated rings. The van der Waals surface area contributed by atoms with Crippen molar-refractivity contribution in [2.75, 3.05) is 6.61 Å². The predicted octanol–water partition coefficient (Wildman–Crippen LogP) is 7.41. The highest BCUT2D eigenvalue weighted by Gasteiger charge is 2.23. The molecule has 1 aliphatic carbocycles. The van der Waals surface area contributed by atoms with Crippen LogP contribution in [0.5, 0.6) is 5.75 Å². The van der Waals surface area contributed by atoms with Crippen molar-refractivity contribution in [3.8, 4) is 16.9 Å². The molecule has 2 aromatic rings. The lowest BCUT2D eigenvalue weighted by Gasteiger charge is -2.28. The Morgan fingerprint density at radius 2 is 1.63 bits per heavy atom. The third-order valence-electron chi connectivity index (χ3n) is 5.88. The monoisotopic (exact) mass is 372 g/mol. The SMILES string of the molecule is CCCC1CCC(c2ccc(-c3c(C)cc(OCC)c(F)c3F)cc2)CC1. The van der Waals surface area contributed by atoms with Crippen LogP contribution < -0.4 is 4.74 Å². The van der Waals surface area contributed by atoms with Crippen LogP contribution in [-0.4, -0.2) is 6.61 Å². The highest BCUT2D eigenvalue weighted by Crippen LogP contribution is 2.39. The molecule has 0 bridgehead atoms. The second-order valence-corrected chi connectivity index (χ2v) is 7.76. The fraction of sp³-hybridized carbons (Fsp3) is 0.500. The van der Waals surface area contributed by atoms with Gasteiger partial charge in [-0.2, -0.15) is 4.39 Å². The molecule has 0 N–H and O–H groups in total. The van der Waals surface area contributed by atoms with E-state index in [1.807, 2.05) is 12.1 Å². The van der Waals surface area contributed by atoms with Gasteiger partial charge in [-0.25, -0.2) is 4.39 Å². The lowest BCUT2D eigenvalue weighted by molar-refractivity contribution is 0.308. The van der Waals surface area contributed by atoms with E-state index in [1.54, 1.807) is 19.9 Å². The van der Waals surface area contributed by atoms with E-state index in [2.05, 4.69) is 19.1 Å². The minimum Gasteiger partial charge on any atom is -0.491 e. The standard InChI is InChI=1S/C24H30F2O/c1-4-6-17-7-9-18(10-8-17)19-11-13-20(14-12-19)22-16(3)15-21(27-5-2)23(25)24(22)26/h11-15,17-18H,4-10H2,1-3H3. The van der Waals surface area contributed by atoms with Crippen LogP contribution in [0, 0.1) is 24.5 Å². The van der Waals surface area contributed by atoms with Gasteiger partial charge in [0.2, 0.25) is 5.82 Å². The van der Waals surface area contributed by atoms with Crippen molar-refractivity contribution < 1.29 is 13.5 Å². The Hall–Kier alpha value is -1.90. The van der Waals surface area contributed by atoms with Gasteiger partial charge in [0.05, 0.1) is 6.61 Å². The molecule has 1 aliphatic rings. The van der Waals surface area contributed by atoms with E-state index in [4.69, 9.17) is 4.74 Å². The number of rotatable bonds is 6. The smallest absolute Gasteiger partial charge is 0.201 e. The quantitative estimate of drug-likeness (QED) is 0.513. The van der Waals surface area contributed by atoms with Gasteiger partial charge in [0.25, 0.3) is 0 Å². The summed E-state index contributed by atoms with van der Waals surface area (Å²) in [6.45, 7) is 6.12. The molecule has 0 amide bonds. The van der Waals surface area contributed by atoms with Gasteiger partial charge in [0.15, 0.2) is 11.6 Å². The molecular weight excluding hydrogens is 342 g/mol. The van der Waals surface area contributed by atoms with Gasteiger partial charge in [-0.1, -0.05) is 44.0 Å². The summed E-state index contributed by atoms with van der Waals surface area (Å²) >= 11 is 0. The number of halogens is 2. The van der Waals surface area contributed by atoms with Crippen molar-refractivity contribution in [1.82, 2.24) is 0 Å².